The van der Waals surface area contributed by atoms with Gasteiger partial charge in [-0.1, -0.05) is 12.1 Å². The lowest BCUT2D eigenvalue weighted by molar-refractivity contribution is -0.144. The zero-order chi connectivity index (χ0) is 13.1. The molecule has 1 amide bonds. The van der Waals surface area contributed by atoms with E-state index in [-0.39, 0.29) is 30.4 Å². The molecule has 0 radical (unpaired) electrons. The normalized spacial score (nSPS) is 15.2. The number of carbonyl (C=O) groups is 2. The van der Waals surface area contributed by atoms with Crippen LogP contribution < -0.4 is 0 Å². The molecule has 0 bridgehead atoms. The van der Waals surface area contributed by atoms with Gasteiger partial charge in [-0.3, -0.25) is 9.59 Å². The predicted octanol–water partition coefficient (Wildman–Crippen LogP) is 0.868. The van der Waals surface area contributed by atoms with Crippen molar-refractivity contribution in [1.82, 2.24) is 4.90 Å². The first-order chi connectivity index (χ1) is 8.54. The lowest BCUT2D eigenvalue weighted by Crippen LogP contribution is -2.51. The number of phenolic OH excluding ortho intramolecular Hbond substituents is 1. The fourth-order valence-corrected chi connectivity index (χ4v) is 2.10. The third-order valence-corrected chi connectivity index (χ3v) is 3.04. The van der Waals surface area contributed by atoms with Crippen LogP contribution in [0.15, 0.2) is 24.3 Å². The molecule has 0 spiro atoms. The Labute approximate surface area is 105 Å². The van der Waals surface area contributed by atoms with Gasteiger partial charge in [0, 0.05) is 19.0 Å². The Morgan fingerprint density at radius 2 is 2.06 bits per heavy atom. The fourth-order valence-electron chi connectivity index (χ4n) is 2.10. The monoisotopic (exact) mass is 249 g/mol. The summed E-state index contributed by atoms with van der Waals surface area (Å²) in [6.07, 6.45) is 0.365. The van der Waals surface area contributed by atoms with E-state index >= 15 is 0 Å². The summed E-state index contributed by atoms with van der Waals surface area (Å²) in [5, 5.41) is 17.9. The van der Waals surface area contributed by atoms with Crippen LogP contribution in [-0.2, 0) is 16.0 Å². The van der Waals surface area contributed by atoms with Crippen molar-refractivity contribution in [3.63, 3.8) is 0 Å². The van der Waals surface area contributed by atoms with Gasteiger partial charge in [-0.25, -0.2) is 0 Å². The molecule has 96 valence electrons. The molecule has 5 nitrogen and oxygen atoms in total. The summed E-state index contributed by atoms with van der Waals surface area (Å²) in [5.41, 5.74) is 0.765. The molecule has 1 aliphatic heterocycles. The topological polar surface area (TPSA) is 77.8 Å². The highest BCUT2D eigenvalue weighted by Crippen LogP contribution is 2.20. The van der Waals surface area contributed by atoms with Crippen molar-refractivity contribution >= 4 is 11.9 Å². The summed E-state index contributed by atoms with van der Waals surface area (Å²) < 4.78 is 0. The molecule has 1 fully saturated rings. The summed E-state index contributed by atoms with van der Waals surface area (Å²) in [6.45, 7) is 1.04. The van der Waals surface area contributed by atoms with E-state index in [0.29, 0.717) is 13.1 Å². The number of benzene rings is 1. The number of carbonyl (C=O) groups excluding carboxylic acids is 1. The molecule has 2 rings (SSSR count). The van der Waals surface area contributed by atoms with E-state index in [1.165, 1.54) is 0 Å². The number of carboxylic acids is 1. The minimum atomic E-state index is -0.819. The van der Waals surface area contributed by atoms with Crippen LogP contribution in [0.2, 0.25) is 0 Å². The van der Waals surface area contributed by atoms with Gasteiger partial charge in [-0.15, -0.1) is 0 Å². The highest BCUT2D eigenvalue weighted by Gasteiger charge is 2.31. The number of likely N-dealkylation sites (tertiary alicyclic amines) is 1. The second kappa shape index (κ2) is 5.08. The third-order valence-electron chi connectivity index (χ3n) is 3.04. The Bertz CT molecular complexity index is 466. The summed E-state index contributed by atoms with van der Waals surface area (Å²) in [6, 6.07) is 6.60. The zero-order valence-electron chi connectivity index (χ0n) is 9.87. The van der Waals surface area contributed by atoms with Crippen LogP contribution in [0.4, 0.5) is 0 Å². The molecule has 18 heavy (non-hydrogen) atoms. The number of aromatic hydroxyl groups is 1. The second-order valence-electron chi connectivity index (χ2n) is 4.61. The Morgan fingerprint density at radius 1 is 1.33 bits per heavy atom. The van der Waals surface area contributed by atoms with Crippen LogP contribution in [0, 0.1) is 5.92 Å². The van der Waals surface area contributed by atoms with Crippen LogP contribution in [-0.4, -0.2) is 40.1 Å². The van der Waals surface area contributed by atoms with Gasteiger partial charge in [-0.05, 0) is 17.7 Å². The largest absolute Gasteiger partial charge is 0.508 e. The highest BCUT2D eigenvalue weighted by molar-refractivity contribution is 5.80. The maximum Gasteiger partial charge on any atom is 0.303 e. The molecule has 1 aliphatic rings. The van der Waals surface area contributed by atoms with Gasteiger partial charge in [0.15, 0.2) is 0 Å². The fraction of sp³-hybridized carbons (Fsp3) is 0.385. The number of carboxylic acid groups (broad SMARTS) is 1. The predicted molar refractivity (Wildman–Crippen MR) is 64.1 cm³/mol. The lowest BCUT2D eigenvalue weighted by Gasteiger charge is -2.38. The summed E-state index contributed by atoms with van der Waals surface area (Å²) in [4.78, 5) is 24.0. The number of aliphatic carboxylic acids is 1. The quantitative estimate of drug-likeness (QED) is 0.830. The van der Waals surface area contributed by atoms with E-state index in [9.17, 15) is 14.7 Å². The highest BCUT2D eigenvalue weighted by atomic mass is 16.4. The summed E-state index contributed by atoms with van der Waals surface area (Å²) >= 11 is 0. The van der Waals surface area contributed by atoms with Crippen LogP contribution in [0.3, 0.4) is 0 Å². The van der Waals surface area contributed by atoms with Crippen LogP contribution in [0.25, 0.3) is 0 Å². The molecule has 0 aliphatic carbocycles. The first-order valence-electron chi connectivity index (χ1n) is 5.82. The van der Waals surface area contributed by atoms with E-state index < -0.39 is 5.97 Å². The Morgan fingerprint density at radius 3 is 2.67 bits per heavy atom. The average Bonchev–Trinajstić information content (AvgIpc) is 2.22. The first-order valence-corrected chi connectivity index (χ1v) is 5.82. The van der Waals surface area contributed by atoms with Crippen molar-refractivity contribution < 1.29 is 19.8 Å². The van der Waals surface area contributed by atoms with Crippen molar-refractivity contribution in [3.05, 3.63) is 29.8 Å². The summed E-state index contributed by atoms with van der Waals surface area (Å²) in [7, 11) is 0. The molecule has 0 atom stereocenters. The number of phenols is 1. The van der Waals surface area contributed by atoms with Crippen molar-refractivity contribution in [3.8, 4) is 5.75 Å². The molecular weight excluding hydrogens is 234 g/mol. The second-order valence-corrected chi connectivity index (χ2v) is 4.61. The number of amides is 1. The van der Waals surface area contributed by atoms with E-state index in [2.05, 4.69) is 0 Å². The minimum absolute atomic E-state index is 0.0257. The van der Waals surface area contributed by atoms with Crippen molar-refractivity contribution in [2.45, 2.75) is 12.8 Å². The molecule has 5 heteroatoms. The summed E-state index contributed by atoms with van der Waals surface area (Å²) in [5.74, 6) is -0.620. The molecule has 0 saturated carbocycles. The number of hydrogen-bond acceptors (Lipinski definition) is 3. The third kappa shape index (κ3) is 3.00. The van der Waals surface area contributed by atoms with Gasteiger partial charge in [0.25, 0.3) is 0 Å². The van der Waals surface area contributed by atoms with E-state index in [1.807, 2.05) is 0 Å². The lowest BCUT2D eigenvalue weighted by atomic mass is 9.95. The first kappa shape index (κ1) is 12.4. The standard InChI is InChI=1S/C13H15NO4/c15-11-3-1-2-9(4-11)5-12(16)14-7-10(8-14)6-13(17)18/h1-4,10,15H,5-8H2,(H,17,18). The molecular formula is C13H15NO4. The molecule has 0 unspecified atom stereocenters. The SMILES string of the molecule is O=C(O)CC1CN(C(=O)Cc2cccc(O)c2)C1. The van der Waals surface area contributed by atoms with E-state index in [4.69, 9.17) is 5.11 Å². The Balaban J connectivity index is 1.82. The number of hydrogen-bond donors (Lipinski definition) is 2. The van der Waals surface area contributed by atoms with Crippen molar-refractivity contribution in [2.75, 3.05) is 13.1 Å². The average molecular weight is 249 g/mol. The molecule has 1 aromatic carbocycles. The molecule has 1 aromatic rings. The van der Waals surface area contributed by atoms with Crippen LogP contribution in [0.5, 0.6) is 5.75 Å². The molecule has 1 heterocycles. The molecule has 1 saturated heterocycles. The maximum absolute atomic E-state index is 11.8. The van der Waals surface area contributed by atoms with Crippen molar-refractivity contribution in [1.29, 1.82) is 0 Å². The van der Waals surface area contributed by atoms with Crippen molar-refractivity contribution in [2.24, 2.45) is 5.92 Å². The van der Waals surface area contributed by atoms with Gasteiger partial charge in [0.1, 0.15) is 5.75 Å². The van der Waals surface area contributed by atoms with E-state index in [0.717, 1.165) is 5.56 Å². The van der Waals surface area contributed by atoms with Crippen LogP contribution in [0.1, 0.15) is 12.0 Å². The Kier molecular flexibility index (Phi) is 3.50. The maximum atomic E-state index is 11.8. The van der Waals surface area contributed by atoms with E-state index in [1.54, 1.807) is 29.2 Å². The Hall–Kier alpha value is -2.04. The molecule has 0 aromatic heterocycles. The van der Waals surface area contributed by atoms with Gasteiger partial charge >= 0.3 is 5.97 Å². The van der Waals surface area contributed by atoms with Gasteiger partial charge in [0.05, 0.1) is 12.8 Å². The van der Waals surface area contributed by atoms with Gasteiger partial charge < -0.3 is 15.1 Å². The zero-order valence-corrected chi connectivity index (χ0v) is 9.87. The molecule has 2 N–H and O–H groups in total. The number of nitrogens with zero attached hydrogens (tertiary/aromatic N) is 1. The van der Waals surface area contributed by atoms with Crippen LogP contribution >= 0.6 is 0 Å². The van der Waals surface area contributed by atoms with Gasteiger partial charge in [0.2, 0.25) is 5.91 Å². The van der Waals surface area contributed by atoms with Gasteiger partial charge in [-0.2, -0.15) is 0 Å². The smallest absolute Gasteiger partial charge is 0.303 e. The number of rotatable bonds is 4. The minimum Gasteiger partial charge on any atom is -0.508 e.